The van der Waals surface area contributed by atoms with E-state index in [0.29, 0.717) is 5.69 Å². The second-order valence-electron chi connectivity index (χ2n) is 6.01. The Balaban J connectivity index is 1.67. The van der Waals surface area contributed by atoms with E-state index in [9.17, 15) is 9.18 Å². The lowest BCUT2D eigenvalue weighted by atomic mass is 10.2. The lowest BCUT2D eigenvalue weighted by molar-refractivity contribution is 0.256. The molecule has 2 amide bonds. The monoisotopic (exact) mass is 360 g/mol. The first-order valence-corrected chi connectivity index (χ1v) is 8.51. The van der Waals surface area contributed by atoms with Crippen molar-refractivity contribution in [2.75, 3.05) is 10.2 Å². The molecule has 134 valence electrons. The Morgan fingerprint density at radius 3 is 2.56 bits per heavy atom. The molecule has 6 heteroatoms. The highest BCUT2D eigenvalue weighted by molar-refractivity contribution is 6.01. The Kier molecular flexibility index (Phi) is 4.53. The van der Waals surface area contributed by atoms with Crippen LogP contribution >= 0.6 is 0 Å². The fourth-order valence-corrected chi connectivity index (χ4v) is 2.90. The number of fused-ring (bicyclic) bond motifs is 1. The average Bonchev–Trinajstić information content (AvgIpc) is 3.11. The second kappa shape index (κ2) is 7.29. The van der Waals surface area contributed by atoms with E-state index in [-0.39, 0.29) is 12.2 Å². The van der Waals surface area contributed by atoms with Gasteiger partial charge in [-0.3, -0.25) is 4.90 Å². The topological polar surface area (TPSA) is 49.6 Å². The van der Waals surface area contributed by atoms with Crippen molar-refractivity contribution in [1.82, 2.24) is 9.38 Å². The fraction of sp³-hybridized carbons (Fsp3) is 0.0476. The first-order chi connectivity index (χ1) is 13.2. The van der Waals surface area contributed by atoms with Crippen LogP contribution in [0.2, 0.25) is 0 Å². The maximum atomic E-state index is 14.0. The molecule has 0 spiro atoms. The summed E-state index contributed by atoms with van der Waals surface area (Å²) in [6.45, 7) is 0.287. The molecule has 0 unspecified atom stereocenters. The number of amides is 2. The van der Waals surface area contributed by atoms with Gasteiger partial charge in [0.25, 0.3) is 0 Å². The van der Waals surface area contributed by atoms with Gasteiger partial charge in [0.2, 0.25) is 0 Å². The molecule has 0 saturated carbocycles. The molecule has 4 aromatic rings. The molecule has 1 N–H and O–H groups in total. The van der Waals surface area contributed by atoms with Crippen LogP contribution in [0.1, 0.15) is 5.69 Å². The summed E-state index contributed by atoms with van der Waals surface area (Å²) in [7, 11) is 0. The van der Waals surface area contributed by atoms with Crippen molar-refractivity contribution in [3.63, 3.8) is 0 Å². The molecule has 2 aromatic carbocycles. The van der Waals surface area contributed by atoms with E-state index in [4.69, 9.17) is 0 Å². The number of anilines is 2. The van der Waals surface area contributed by atoms with Crippen LogP contribution in [0.3, 0.4) is 0 Å². The number of nitrogens with one attached hydrogen (secondary N) is 1. The normalized spacial score (nSPS) is 10.7. The predicted octanol–water partition coefficient (Wildman–Crippen LogP) is 4.71. The van der Waals surface area contributed by atoms with Gasteiger partial charge in [0.05, 0.1) is 24.1 Å². The lowest BCUT2D eigenvalue weighted by Crippen LogP contribution is -2.35. The smallest absolute Gasteiger partial charge is 0.305 e. The number of pyridine rings is 1. The summed E-state index contributed by atoms with van der Waals surface area (Å²) in [4.78, 5) is 18.9. The van der Waals surface area contributed by atoms with Crippen LogP contribution in [0, 0.1) is 5.82 Å². The van der Waals surface area contributed by atoms with Crippen LogP contribution in [0.4, 0.5) is 20.6 Å². The van der Waals surface area contributed by atoms with Crippen LogP contribution in [-0.4, -0.2) is 15.4 Å². The Morgan fingerprint density at radius 1 is 1.00 bits per heavy atom. The first kappa shape index (κ1) is 16.8. The van der Waals surface area contributed by atoms with Crippen molar-refractivity contribution >= 4 is 23.1 Å². The summed E-state index contributed by atoms with van der Waals surface area (Å²) >= 11 is 0. The third kappa shape index (κ3) is 3.50. The number of halogens is 1. The Morgan fingerprint density at radius 2 is 1.74 bits per heavy atom. The highest BCUT2D eigenvalue weighted by Crippen LogP contribution is 2.20. The predicted molar refractivity (Wildman–Crippen MR) is 103 cm³/mol. The summed E-state index contributed by atoms with van der Waals surface area (Å²) in [5.74, 6) is -0.478. The number of benzene rings is 2. The minimum atomic E-state index is -0.478. The van der Waals surface area contributed by atoms with E-state index in [1.165, 1.54) is 12.1 Å². The third-order valence-electron chi connectivity index (χ3n) is 4.24. The van der Waals surface area contributed by atoms with Crippen LogP contribution in [0.15, 0.2) is 85.2 Å². The Bertz CT molecular complexity index is 1080. The number of rotatable bonds is 4. The molecule has 0 bridgehead atoms. The van der Waals surface area contributed by atoms with Gasteiger partial charge in [0.1, 0.15) is 11.5 Å². The van der Waals surface area contributed by atoms with Gasteiger partial charge < -0.3 is 9.72 Å². The summed E-state index contributed by atoms with van der Waals surface area (Å²) in [5, 5.41) is 2.65. The number of urea groups is 1. The molecule has 2 heterocycles. The minimum Gasteiger partial charge on any atom is -0.305 e. The summed E-state index contributed by atoms with van der Waals surface area (Å²) in [6.07, 6.45) is 3.64. The highest BCUT2D eigenvalue weighted by Gasteiger charge is 2.19. The van der Waals surface area contributed by atoms with Gasteiger partial charge in [-0.2, -0.15) is 0 Å². The quantitative estimate of drug-likeness (QED) is 0.573. The highest BCUT2D eigenvalue weighted by atomic mass is 19.1. The van der Waals surface area contributed by atoms with Crippen molar-refractivity contribution in [3.8, 4) is 0 Å². The van der Waals surface area contributed by atoms with E-state index in [1.54, 1.807) is 23.2 Å². The molecular weight excluding hydrogens is 343 g/mol. The SMILES string of the molecule is O=C(Nc1ccccc1F)N(Cc1cnc2ccccn12)c1ccccc1. The number of imidazole rings is 1. The molecule has 4 rings (SSSR count). The number of carbonyl (C=O) groups is 1. The van der Waals surface area contributed by atoms with Crippen LogP contribution < -0.4 is 10.2 Å². The summed E-state index contributed by atoms with van der Waals surface area (Å²) < 4.78 is 15.9. The fourth-order valence-electron chi connectivity index (χ4n) is 2.90. The van der Waals surface area contributed by atoms with Gasteiger partial charge in [0, 0.05) is 11.9 Å². The van der Waals surface area contributed by atoms with Crippen molar-refractivity contribution < 1.29 is 9.18 Å². The molecule has 0 atom stereocenters. The van der Waals surface area contributed by atoms with E-state index in [0.717, 1.165) is 11.3 Å². The van der Waals surface area contributed by atoms with Crippen LogP contribution in [0.25, 0.3) is 5.65 Å². The van der Waals surface area contributed by atoms with Gasteiger partial charge in [-0.05, 0) is 36.4 Å². The molecule has 0 aliphatic rings. The number of hydrogen-bond donors (Lipinski definition) is 1. The zero-order valence-electron chi connectivity index (χ0n) is 14.4. The Hall–Kier alpha value is -3.67. The van der Waals surface area contributed by atoms with Gasteiger partial charge >= 0.3 is 6.03 Å². The number of para-hydroxylation sites is 2. The molecule has 0 saturated heterocycles. The molecule has 27 heavy (non-hydrogen) atoms. The van der Waals surface area contributed by atoms with Crippen LogP contribution in [-0.2, 0) is 6.54 Å². The molecule has 0 aliphatic heterocycles. The van der Waals surface area contributed by atoms with E-state index < -0.39 is 11.8 Å². The van der Waals surface area contributed by atoms with E-state index in [2.05, 4.69) is 10.3 Å². The van der Waals surface area contributed by atoms with E-state index in [1.807, 2.05) is 59.1 Å². The van der Waals surface area contributed by atoms with E-state index >= 15 is 0 Å². The van der Waals surface area contributed by atoms with Gasteiger partial charge in [-0.15, -0.1) is 0 Å². The maximum absolute atomic E-state index is 14.0. The van der Waals surface area contributed by atoms with Crippen molar-refractivity contribution in [2.24, 2.45) is 0 Å². The number of carbonyl (C=O) groups excluding carboxylic acids is 1. The number of hydrogen-bond acceptors (Lipinski definition) is 2. The number of nitrogens with zero attached hydrogens (tertiary/aromatic N) is 3. The van der Waals surface area contributed by atoms with Crippen LogP contribution in [0.5, 0.6) is 0 Å². The van der Waals surface area contributed by atoms with Crippen molar-refractivity contribution in [3.05, 3.63) is 96.7 Å². The lowest BCUT2D eigenvalue weighted by Gasteiger charge is -2.23. The zero-order valence-corrected chi connectivity index (χ0v) is 14.4. The standard InChI is InChI=1S/C21H17FN4O/c22-18-10-4-5-11-19(18)24-21(27)26(16-8-2-1-3-9-16)15-17-14-23-20-12-6-7-13-25(17)20/h1-14H,15H2,(H,24,27). The van der Waals surface area contributed by atoms with Crippen molar-refractivity contribution in [2.45, 2.75) is 6.54 Å². The second-order valence-corrected chi connectivity index (χ2v) is 6.01. The molecule has 2 aromatic heterocycles. The van der Waals surface area contributed by atoms with Gasteiger partial charge in [-0.1, -0.05) is 36.4 Å². The summed E-state index contributed by atoms with van der Waals surface area (Å²) in [6, 6.07) is 20.7. The first-order valence-electron chi connectivity index (χ1n) is 8.51. The van der Waals surface area contributed by atoms with Crippen molar-refractivity contribution in [1.29, 1.82) is 0 Å². The third-order valence-corrected chi connectivity index (χ3v) is 4.24. The largest absolute Gasteiger partial charge is 0.326 e. The number of aromatic nitrogens is 2. The molecular formula is C21H17FN4O. The molecule has 5 nitrogen and oxygen atoms in total. The average molecular weight is 360 g/mol. The minimum absolute atomic E-state index is 0.140. The Labute approximate surface area is 155 Å². The molecule has 0 fully saturated rings. The zero-order chi connectivity index (χ0) is 18.6. The van der Waals surface area contributed by atoms with Gasteiger partial charge in [-0.25, -0.2) is 14.2 Å². The molecule has 0 aliphatic carbocycles. The summed E-state index contributed by atoms with van der Waals surface area (Å²) in [5.41, 5.74) is 2.49. The molecule has 0 radical (unpaired) electrons. The maximum Gasteiger partial charge on any atom is 0.326 e. The van der Waals surface area contributed by atoms with Gasteiger partial charge in [0.15, 0.2) is 0 Å².